The van der Waals surface area contributed by atoms with Crippen molar-refractivity contribution < 1.29 is 0 Å². The Morgan fingerprint density at radius 3 is 2.80 bits per heavy atom. The van der Waals surface area contributed by atoms with Crippen molar-refractivity contribution in [1.82, 2.24) is 14.5 Å². The third kappa shape index (κ3) is 1.62. The van der Waals surface area contributed by atoms with E-state index in [2.05, 4.69) is 34.4 Å². The van der Waals surface area contributed by atoms with E-state index < -0.39 is 0 Å². The molecule has 2 aromatic heterocycles. The molecule has 80 valence electrons. The first-order valence-electron chi connectivity index (χ1n) is 5.57. The van der Waals surface area contributed by atoms with Gasteiger partial charge in [-0.3, -0.25) is 0 Å². The molecule has 0 atom stereocenters. The number of aromatic nitrogens is 3. The van der Waals surface area contributed by atoms with Crippen molar-refractivity contribution in [3.05, 3.63) is 23.7 Å². The molecule has 2 aromatic rings. The molecule has 2 heterocycles. The maximum absolute atomic E-state index is 4.67. The normalized spacial score (nSPS) is 11.1. The fourth-order valence-corrected chi connectivity index (χ4v) is 1.91. The summed E-state index contributed by atoms with van der Waals surface area (Å²) in [5.74, 6) is 1.14. The summed E-state index contributed by atoms with van der Waals surface area (Å²) in [4.78, 5) is 9.07. The van der Waals surface area contributed by atoms with Crippen LogP contribution in [0, 0.1) is 0 Å². The number of imidazole rings is 1. The SMILES string of the molecule is CCCc1nc2c(CC)ccnc2n1C. The lowest BCUT2D eigenvalue weighted by atomic mass is 10.2. The monoisotopic (exact) mass is 203 g/mol. The van der Waals surface area contributed by atoms with Gasteiger partial charge in [0, 0.05) is 19.7 Å². The van der Waals surface area contributed by atoms with Gasteiger partial charge in [0.1, 0.15) is 11.3 Å². The molecule has 0 aliphatic rings. The van der Waals surface area contributed by atoms with Crippen LogP contribution < -0.4 is 0 Å². The van der Waals surface area contributed by atoms with E-state index in [9.17, 15) is 0 Å². The maximum atomic E-state index is 4.67. The largest absolute Gasteiger partial charge is 0.316 e. The number of aryl methyl sites for hydroxylation is 3. The van der Waals surface area contributed by atoms with E-state index in [0.717, 1.165) is 36.3 Å². The van der Waals surface area contributed by atoms with Crippen LogP contribution in [-0.4, -0.2) is 14.5 Å². The van der Waals surface area contributed by atoms with Crippen molar-refractivity contribution >= 4 is 11.2 Å². The molecule has 0 aromatic carbocycles. The van der Waals surface area contributed by atoms with Crippen molar-refractivity contribution in [2.75, 3.05) is 0 Å². The van der Waals surface area contributed by atoms with Crippen molar-refractivity contribution in [2.24, 2.45) is 7.05 Å². The molecule has 0 N–H and O–H groups in total. The van der Waals surface area contributed by atoms with Crippen LogP contribution in [0.25, 0.3) is 11.2 Å². The Morgan fingerprint density at radius 1 is 1.33 bits per heavy atom. The third-order valence-corrected chi connectivity index (χ3v) is 2.79. The molecule has 0 spiro atoms. The Hall–Kier alpha value is -1.38. The summed E-state index contributed by atoms with van der Waals surface area (Å²) in [6.45, 7) is 4.33. The second-order valence-corrected chi connectivity index (χ2v) is 3.83. The molecule has 2 rings (SSSR count). The molecule has 0 saturated heterocycles. The van der Waals surface area contributed by atoms with Crippen molar-refractivity contribution in [3.8, 4) is 0 Å². The number of nitrogens with zero attached hydrogens (tertiary/aromatic N) is 3. The molecule has 0 saturated carbocycles. The highest BCUT2D eigenvalue weighted by molar-refractivity contribution is 5.75. The average Bonchev–Trinajstić information content (AvgIpc) is 2.57. The summed E-state index contributed by atoms with van der Waals surface area (Å²) in [5, 5.41) is 0. The molecule has 0 unspecified atom stereocenters. The lowest BCUT2D eigenvalue weighted by Crippen LogP contribution is -1.97. The highest BCUT2D eigenvalue weighted by Crippen LogP contribution is 2.17. The number of hydrogen-bond acceptors (Lipinski definition) is 2. The predicted octanol–water partition coefficient (Wildman–Crippen LogP) is 2.48. The lowest BCUT2D eigenvalue weighted by molar-refractivity contribution is 0.768. The van der Waals surface area contributed by atoms with Gasteiger partial charge in [0.2, 0.25) is 0 Å². The minimum absolute atomic E-state index is 1.01. The Balaban J connectivity index is 2.64. The van der Waals surface area contributed by atoms with Crippen molar-refractivity contribution in [2.45, 2.75) is 33.1 Å². The van der Waals surface area contributed by atoms with Crippen LogP contribution in [0.4, 0.5) is 0 Å². The van der Waals surface area contributed by atoms with Gasteiger partial charge in [-0.05, 0) is 24.5 Å². The topological polar surface area (TPSA) is 30.7 Å². The van der Waals surface area contributed by atoms with Gasteiger partial charge in [-0.25, -0.2) is 9.97 Å². The standard InChI is InChI=1S/C12H17N3/c1-4-6-10-14-11-9(5-2)7-8-13-12(11)15(10)3/h7-8H,4-6H2,1-3H3. The number of hydrogen-bond donors (Lipinski definition) is 0. The van der Waals surface area contributed by atoms with E-state index in [1.165, 1.54) is 5.56 Å². The Morgan fingerprint density at radius 2 is 2.13 bits per heavy atom. The van der Waals surface area contributed by atoms with Crippen LogP contribution in [0.3, 0.4) is 0 Å². The first-order chi connectivity index (χ1) is 7.27. The fraction of sp³-hybridized carbons (Fsp3) is 0.500. The highest BCUT2D eigenvalue weighted by Gasteiger charge is 2.10. The summed E-state index contributed by atoms with van der Waals surface area (Å²) in [5.41, 5.74) is 3.38. The molecular weight excluding hydrogens is 186 g/mol. The second kappa shape index (κ2) is 4.01. The summed E-state index contributed by atoms with van der Waals surface area (Å²) in [7, 11) is 2.05. The molecule has 0 amide bonds. The van der Waals surface area contributed by atoms with Gasteiger partial charge in [-0.15, -0.1) is 0 Å². The van der Waals surface area contributed by atoms with Gasteiger partial charge in [0.25, 0.3) is 0 Å². The van der Waals surface area contributed by atoms with Gasteiger partial charge < -0.3 is 4.57 Å². The third-order valence-electron chi connectivity index (χ3n) is 2.79. The molecule has 15 heavy (non-hydrogen) atoms. The van der Waals surface area contributed by atoms with Crippen LogP contribution in [0.1, 0.15) is 31.7 Å². The summed E-state index contributed by atoms with van der Waals surface area (Å²) < 4.78 is 2.11. The summed E-state index contributed by atoms with van der Waals surface area (Å²) in [6.07, 6.45) is 5.04. The lowest BCUT2D eigenvalue weighted by Gasteiger charge is -1.99. The maximum Gasteiger partial charge on any atom is 0.160 e. The molecule has 0 fully saturated rings. The van der Waals surface area contributed by atoms with E-state index in [0.29, 0.717) is 0 Å². The van der Waals surface area contributed by atoms with Crippen LogP contribution in [0.5, 0.6) is 0 Å². The second-order valence-electron chi connectivity index (χ2n) is 3.83. The van der Waals surface area contributed by atoms with Crippen LogP contribution in [-0.2, 0) is 19.9 Å². The Kier molecular flexibility index (Phi) is 2.71. The Labute approximate surface area is 90.2 Å². The summed E-state index contributed by atoms with van der Waals surface area (Å²) >= 11 is 0. The van der Waals surface area contributed by atoms with E-state index in [-0.39, 0.29) is 0 Å². The molecular formula is C12H17N3. The smallest absolute Gasteiger partial charge is 0.160 e. The van der Waals surface area contributed by atoms with Gasteiger partial charge in [0.05, 0.1) is 0 Å². The molecule has 3 nitrogen and oxygen atoms in total. The molecule has 0 aliphatic carbocycles. The summed E-state index contributed by atoms with van der Waals surface area (Å²) in [6, 6.07) is 2.06. The van der Waals surface area contributed by atoms with Crippen molar-refractivity contribution in [1.29, 1.82) is 0 Å². The van der Waals surface area contributed by atoms with Gasteiger partial charge in [-0.2, -0.15) is 0 Å². The van der Waals surface area contributed by atoms with Crippen LogP contribution in [0.2, 0.25) is 0 Å². The molecule has 0 aliphatic heterocycles. The zero-order valence-electron chi connectivity index (χ0n) is 9.62. The van der Waals surface area contributed by atoms with E-state index in [4.69, 9.17) is 0 Å². The van der Waals surface area contributed by atoms with Crippen LogP contribution >= 0.6 is 0 Å². The van der Waals surface area contributed by atoms with Gasteiger partial charge in [0.15, 0.2) is 5.65 Å². The Bertz CT molecular complexity index is 471. The van der Waals surface area contributed by atoms with E-state index in [1.54, 1.807) is 0 Å². The number of pyridine rings is 1. The van der Waals surface area contributed by atoms with Crippen LogP contribution in [0.15, 0.2) is 12.3 Å². The first-order valence-corrected chi connectivity index (χ1v) is 5.57. The quantitative estimate of drug-likeness (QED) is 0.767. The van der Waals surface area contributed by atoms with Crippen molar-refractivity contribution in [3.63, 3.8) is 0 Å². The minimum Gasteiger partial charge on any atom is -0.316 e. The zero-order valence-corrected chi connectivity index (χ0v) is 9.62. The zero-order chi connectivity index (χ0) is 10.8. The molecule has 0 bridgehead atoms. The minimum atomic E-state index is 1.01. The van der Waals surface area contributed by atoms with E-state index >= 15 is 0 Å². The number of fused-ring (bicyclic) bond motifs is 1. The van der Waals surface area contributed by atoms with Gasteiger partial charge in [-0.1, -0.05) is 13.8 Å². The highest BCUT2D eigenvalue weighted by atomic mass is 15.1. The average molecular weight is 203 g/mol. The predicted molar refractivity (Wildman–Crippen MR) is 61.9 cm³/mol. The molecule has 0 radical (unpaired) electrons. The first kappa shape index (κ1) is 10.1. The fourth-order valence-electron chi connectivity index (χ4n) is 1.91. The number of rotatable bonds is 3. The molecule has 3 heteroatoms. The van der Waals surface area contributed by atoms with E-state index in [1.807, 2.05) is 13.2 Å². The van der Waals surface area contributed by atoms with Gasteiger partial charge >= 0.3 is 0 Å².